The number of aryl methyl sites for hydroxylation is 1. The van der Waals surface area contributed by atoms with E-state index in [0.717, 1.165) is 15.6 Å². The highest BCUT2D eigenvalue weighted by Gasteiger charge is 2.11. The molecule has 2 amide bonds. The third-order valence-corrected chi connectivity index (χ3v) is 5.40. The number of hydrogen-bond acceptors (Lipinski definition) is 3. The molecular formula is C20H22IN3O2S. The summed E-state index contributed by atoms with van der Waals surface area (Å²) in [5, 5.41) is 8.70. The predicted octanol–water partition coefficient (Wildman–Crippen LogP) is 4.25. The fourth-order valence-corrected chi connectivity index (χ4v) is 2.94. The Morgan fingerprint density at radius 3 is 2.48 bits per heavy atom. The minimum Gasteiger partial charge on any atom is -0.350 e. The van der Waals surface area contributed by atoms with Gasteiger partial charge in [0.15, 0.2) is 5.11 Å². The second kappa shape index (κ2) is 9.80. The van der Waals surface area contributed by atoms with Crippen LogP contribution in [-0.2, 0) is 0 Å². The van der Waals surface area contributed by atoms with Gasteiger partial charge in [-0.3, -0.25) is 14.9 Å². The van der Waals surface area contributed by atoms with Gasteiger partial charge in [-0.05, 0) is 91.0 Å². The van der Waals surface area contributed by atoms with Gasteiger partial charge in [-0.15, -0.1) is 0 Å². The molecule has 2 rings (SSSR count). The molecule has 7 heteroatoms. The van der Waals surface area contributed by atoms with Gasteiger partial charge in [0.05, 0.1) is 0 Å². The van der Waals surface area contributed by atoms with Crippen LogP contribution in [0.25, 0.3) is 0 Å². The van der Waals surface area contributed by atoms with Crippen LogP contribution in [0, 0.1) is 10.5 Å². The van der Waals surface area contributed by atoms with E-state index in [1.54, 1.807) is 30.3 Å². The van der Waals surface area contributed by atoms with E-state index in [0.29, 0.717) is 16.8 Å². The molecule has 0 bridgehead atoms. The van der Waals surface area contributed by atoms with Crippen LogP contribution in [0.5, 0.6) is 0 Å². The maximum absolute atomic E-state index is 12.3. The maximum atomic E-state index is 12.3. The monoisotopic (exact) mass is 495 g/mol. The number of thiocarbonyl (C=S) groups is 1. The molecule has 3 N–H and O–H groups in total. The molecule has 2 aromatic carbocycles. The van der Waals surface area contributed by atoms with Gasteiger partial charge in [0.1, 0.15) is 0 Å². The maximum Gasteiger partial charge on any atom is 0.257 e. The average molecular weight is 495 g/mol. The normalized spacial score (nSPS) is 11.4. The van der Waals surface area contributed by atoms with Crippen molar-refractivity contribution in [1.82, 2.24) is 10.6 Å². The number of carbonyl (C=O) groups excluding carboxylic acids is 2. The molecule has 1 atom stereocenters. The first-order chi connectivity index (χ1) is 12.8. The summed E-state index contributed by atoms with van der Waals surface area (Å²) in [7, 11) is 0. The molecule has 1 unspecified atom stereocenters. The lowest BCUT2D eigenvalue weighted by molar-refractivity contribution is 0.0937. The molecule has 0 aromatic heterocycles. The van der Waals surface area contributed by atoms with Crippen molar-refractivity contribution in [3.8, 4) is 0 Å². The van der Waals surface area contributed by atoms with Crippen molar-refractivity contribution in [3.05, 3.63) is 62.7 Å². The minimum atomic E-state index is -0.281. The number of rotatable bonds is 5. The van der Waals surface area contributed by atoms with Crippen LogP contribution in [0.4, 0.5) is 5.69 Å². The standard InChI is InChI=1S/C20H22IN3O2S/c1-4-13(3)22-18(25)14-6-5-7-16(10-14)23-20(27)24-19(26)15-9-8-12(2)17(21)11-15/h5-11,13H,4H2,1-3H3,(H,22,25)(H2,23,24,26,27). The highest BCUT2D eigenvalue weighted by Crippen LogP contribution is 2.14. The summed E-state index contributed by atoms with van der Waals surface area (Å²) in [5.41, 5.74) is 2.81. The second-order valence-electron chi connectivity index (χ2n) is 6.24. The van der Waals surface area contributed by atoms with Gasteiger partial charge in [-0.25, -0.2) is 0 Å². The minimum absolute atomic E-state index is 0.104. The zero-order valence-corrected chi connectivity index (χ0v) is 18.4. The van der Waals surface area contributed by atoms with Gasteiger partial charge in [0, 0.05) is 26.4 Å². The van der Waals surface area contributed by atoms with E-state index >= 15 is 0 Å². The molecule has 0 heterocycles. The van der Waals surface area contributed by atoms with Crippen molar-refractivity contribution in [2.45, 2.75) is 33.2 Å². The fraction of sp³-hybridized carbons (Fsp3) is 0.250. The number of benzene rings is 2. The molecular weight excluding hydrogens is 473 g/mol. The average Bonchev–Trinajstić information content (AvgIpc) is 2.63. The molecule has 0 aliphatic rings. The number of nitrogens with one attached hydrogen (secondary N) is 3. The Labute approximate surface area is 178 Å². The van der Waals surface area contributed by atoms with E-state index in [-0.39, 0.29) is 23.0 Å². The zero-order chi connectivity index (χ0) is 20.0. The van der Waals surface area contributed by atoms with Gasteiger partial charge in [0.25, 0.3) is 11.8 Å². The van der Waals surface area contributed by atoms with Crippen LogP contribution in [0.2, 0.25) is 0 Å². The molecule has 27 heavy (non-hydrogen) atoms. The van der Waals surface area contributed by atoms with Crippen molar-refractivity contribution >= 4 is 57.4 Å². The van der Waals surface area contributed by atoms with Gasteiger partial charge in [-0.2, -0.15) is 0 Å². The molecule has 0 radical (unpaired) electrons. The second-order valence-corrected chi connectivity index (χ2v) is 7.81. The summed E-state index contributed by atoms with van der Waals surface area (Å²) in [4.78, 5) is 24.6. The first kappa shape index (κ1) is 21.3. The summed E-state index contributed by atoms with van der Waals surface area (Å²) >= 11 is 7.41. The van der Waals surface area contributed by atoms with Gasteiger partial charge in [-0.1, -0.05) is 19.1 Å². The van der Waals surface area contributed by atoms with Crippen LogP contribution in [-0.4, -0.2) is 23.0 Å². The Bertz CT molecular complexity index is 870. The van der Waals surface area contributed by atoms with Crippen molar-refractivity contribution < 1.29 is 9.59 Å². The molecule has 142 valence electrons. The molecule has 5 nitrogen and oxygen atoms in total. The van der Waals surface area contributed by atoms with E-state index in [1.807, 2.05) is 32.9 Å². The summed E-state index contributed by atoms with van der Waals surface area (Å²) in [6.07, 6.45) is 0.859. The molecule has 0 spiro atoms. The Morgan fingerprint density at radius 1 is 1.11 bits per heavy atom. The topological polar surface area (TPSA) is 70.2 Å². The SMILES string of the molecule is CCC(C)NC(=O)c1cccc(NC(=S)NC(=O)c2ccc(C)c(I)c2)c1. The van der Waals surface area contributed by atoms with E-state index < -0.39 is 0 Å². The van der Waals surface area contributed by atoms with E-state index in [1.165, 1.54) is 0 Å². The predicted molar refractivity (Wildman–Crippen MR) is 121 cm³/mol. The third-order valence-electron chi connectivity index (χ3n) is 4.03. The quantitative estimate of drug-likeness (QED) is 0.429. The Kier molecular flexibility index (Phi) is 7.73. The van der Waals surface area contributed by atoms with Crippen LogP contribution in [0.1, 0.15) is 46.5 Å². The number of halogens is 1. The van der Waals surface area contributed by atoms with Gasteiger partial charge >= 0.3 is 0 Å². The Morgan fingerprint density at radius 2 is 1.81 bits per heavy atom. The first-order valence-corrected chi connectivity index (χ1v) is 10.1. The highest BCUT2D eigenvalue weighted by molar-refractivity contribution is 14.1. The van der Waals surface area contributed by atoms with Crippen molar-refractivity contribution in [1.29, 1.82) is 0 Å². The van der Waals surface area contributed by atoms with Gasteiger partial charge < -0.3 is 10.6 Å². The van der Waals surface area contributed by atoms with Crippen LogP contribution >= 0.6 is 34.8 Å². The lowest BCUT2D eigenvalue weighted by Crippen LogP contribution is -2.34. The van der Waals surface area contributed by atoms with Crippen LogP contribution < -0.4 is 16.0 Å². The van der Waals surface area contributed by atoms with E-state index in [9.17, 15) is 9.59 Å². The molecule has 0 saturated heterocycles. The number of hydrogen-bond donors (Lipinski definition) is 3. The van der Waals surface area contributed by atoms with Crippen LogP contribution in [0.15, 0.2) is 42.5 Å². The van der Waals surface area contributed by atoms with Crippen molar-refractivity contribution in [2.75, 3.05) is 5.32 Å². The fourth-order valence-electron chi connectivity index (χ4n) is 2.22. The molecule has 0 fully saturated rings. The zero-order valence-electron chi connectivity index (χ0n) is 15.4. The third kappa shape index (κ3) is 6.28. The lowest BCUT2D eigenvalue weighted by Gasteiger charge is -2.13. The van der Waals surface area contributed by atoms with Gasteiger partial charge in [0.2, 0.25) is 0 Å². The summed E-state index contributed by atoms with van der Waals surface area (Å²) < 4.78 is 1.01. The van der Waals surface area contributed by atoms with E-state index in [4.69, 9.17) is 12.2 Å². The Balaban J connectivity index is 2.01. The molecule has 0 aliphatic heterocycles. The summed E-state index contributed by atoms with van der Waals surface area (Å²) in [6, 6.07) is 12.6. The Hall–Kier alpha value is -2.00. The smallest absolute Gasteiger partial charge is 0.257 e. The van der Waals surface area contributed by atoms with Crippen molar-refractivity contribution in [3.63, 3.8) is 0 Å². The highest BCUT2D eigenvalue weighted by atomic mass is 127. The molecule has 0 saturated carbocycles. The summed E-state index contributed by atoms with van der Waals surface area (Å²) in [5.74, 6) is -0.423. The lowest BCUT2D eigenvalue weighted by atomic mass is 10.1. The van der Waals surface area contributed by atoms with Crippen molar-refractivity contribution in [2.24, 2.45) is 0 Å². The number of carbonyl (C=O) groups is 2. The van der Waals surface area contributed by atoms with Crippen LogP contribution in [0.3, 0.4) is 0 Å². The molecule has 0 aliphatic carbocycles. The number of anilines is 1. The first-order valence-electron chi connectivity index (χ1n) is 8.59. The van der Waals surface area contributed by atoms with E-state index in [2.05, 4.69) is 38.5 Å². The number of amides is 2. The summed E-state index contributed by atoms with van der Waals surface area (Å²) in [6.45, 7) is 5.95. The molecule has 2 aromatic rings. The largest absolute Gasteiger partial charge is 0.350 e.